The van der Waals surface area contributed by atoms with Crippen molar-refractivity contribution in [1.82, 2.24) is 0 Å². The maximum absolute atomic E-state index is 8.33. The van der Waals surface area contributed by atoms with E-state index in [9.17, 15) is 0 Å². The average molecular weight is 512 g/mol. The molecule has 68 valence electrons. The van der Waals surface area contributed by atoms with E-state index in [4.69, 9.17) is 11.8 Å². The predicted octanol–water partition coefficient (Wildman–Crippen LogP) is 1.84. The maximum Gasteiger partial charge on any atom is 0.222 e. The molecule has 0 N–H and O–H groups in total. The van der Waals surface area contributed by atoms with Crippen LogP contribution in [0, 0.1) is 23.8 Å². The molecule has 0 saturated carbocycles. The molecule has 4 heteroatoms. The van der Waals surface area contributed by atoms with Crippen molar-refractivity contribution in [2.24, 2.45) is 5.92 Å². The average Bonchev–Trinajstić information content (AvgIpc) is 1.87. The molecule has 0 aromatic rings. The molecule has 0 saturated heterocycles. The van der Waals surface area contributed by atoms with Gasteiger partial charge in [0.25, 0.3) is 0 Å². The monoisotopic (exact) mass is 512 g/mol. The van der Waals surface area contributed by atoms with Crippen LogP contribution in [0.3, 0.4) is 0 Å². The number of hydrogen-bond donors (Lipinski definition) is 0. The summed E-state index contributed by atoms with van der Waals surface area (Å²) in [6.45, 7) is 10.3. The van der Waals surface area contributed by atoms with E-state index >= 15 is 0 Å². The van der Waals surface area contributed by atoms with Crippen LogP contribution >= 0.6 is 0 Å². The van der Waals surface area contributed by atoms with Crippen LogP contribution in [0.25, 0.3) is 4.85 Å². The summed E-state index contributed by atoms with van der Waals surface area (Å²) in [5.41, 5.74) is 0. The number of rotatable bonds is 2. The van der Waals surface area contributed by atoms with E-state index in [1.165, 1.54) is 0 Å². The molecule has 0 amide bonds. The van der Waals surface area contributed by atoms with E-state index < -0.39 is 0 Å². The molecule has 0 bridgehead atoms. The van der Waals surface area contributed by atoms with E-state index in [0.717, 1.165) is 0 Å². The molecule has 0 aromatic carbocycles. The summed E-state index contributed by atoms with van der Waals surface area (Å²) < 4.78 is 0. The summed E-state index contributed by atoms with van der Waals surface area (Å²) in [6, 6.07) is 2.09. The van der Waals surface area contributed by atoms with Gasteiger partial charge in [0.2, 0.25) is 6.04 Å². The van der Waals surface area contributed by atoms with Crippen molar-refractivity contribution in [3.63, 3.8) is 0 Å². The zero-order chi connectivity index (χ0) is 7.28. The molecule has 0 aliphatic carbocycles. The number of nitriles is 1. The van der Waals surface area contributed by atoms with Crippen LogP contribution in [0.15, 0.2) is 0 Å². The molecule has 0 aromatic heterocycles. The summed E-state index contributed by atoms with van der Waals surface area (Å²) in [6.07, 6.45) is 0.694. The van der Waals surface area contributed by atoms with Gasteiger partial charge in [-0.2, -0.15) is 5.26 Å². The summed E-state index contributed by atoms with van der Waals surface area (Å²) in [7, 11) is 0. The Morgan fingerprint density at radius 1 is 1.45 bits per heavy atom. The Morgan fingerprint density at radius 3 is 2.18 bits per heavy atom. The van der Waals surface area contributed by atoms with Gasteiger partial charge in [0.1, 0.15) is 0 Å². The van der Waals surface area contributed by atoms with Crippen molar-refractivity contribution < 1.29 is 42.1 Å². The summed E-state index contributed by atoms with van der Waals surface area (Å²) >= 11 is 0. The van der Waals surface area contributed by atoms with Gasteiger partial charge in [-0.3, -0.25) is 0 Å². The fraction of sp³-hybridized carbons (Fsp3) is 0.714. The molecular formula is C7H10N2Pt2. The van der Waals surface area contributed by atoms with Gasteiger partial charge in [-0.05, 0) is 6.92 Å². The standard InChI is InChI=1S/C7H10N2.2Pt/c1-6(5-8)4-7(2)9-3;;/h6-7H,4H2,1-2H3;;. The molecule has 0 radical (unpaired) electrons. The molecule has 0 aliphatic rings. The maximum atomic E-state index is 8.33. The minimum Gasteiger partial charge on any atom is -0.314 e. The van der Waals surface area contributed by atoms with E-state index in [-0.39, 0.29) is 54.1 Å². The quantitative estimate of drug-likeness (QED) is 0.520. The minimum atomic E-state index is -0.000324. The van der Waals surface area contributed by atoms with Crippen molar-refractivity contribution in [3.8, 4) is 6.07 Å². The first-order valence-electron chi connectivity index (χ1n) is 2.97. The molecule has 0 spiro atoms. The Balaban J connectivity index is -0.000000320. The van der Waals surface area contributed by atoms with Gasteiger partial charge in [-0.15, -0.1) is 0 Å². The predicted molar refractivity (Wildman–Crippen MR) is 35.5 cm³/mol. The van der Waals surface area contributed by atoms with Crippen LogP contribution < -0.4 is 0 Å². The topological polar surface area (TPSA) is 28.1 Å². The van der Waals surface area contributed by atoms with Gasteiger partial charge >= 0.3 is 0 Å². The van der Waals surface area contributed by atoms with Crippen LogP contribution in [0.2, 0.25) is 0 Å². The van der Waals surface area contributed by atoms with Gasteiger partial charge in [-0.25, -0.2) is 6.57 Å². The Kier molecular flexibility index (Phi) is 16.4. The summed E-state index contributed by atoms with van der Waals surface area (Å²) in [5.74, 6) is 0.0223. The number of hydrogen-bond acceptors (Lipinski definition) is 1. The van der Waals surface area contributed by atoms with Crippen molar-refractivity contribution in [1.29, 1.82) is 5.26 Å². The fourth-order valence-electron chi connectivity index (χ4n) is 0.617. The molecule has 11 heavy (non-hydrogen) atoms. The Labute approximate surface area is 96.7 Å². The zero-order valence-corrected chi connectivity index (χ0v) is 10.9. The molecule has 0 aliphatic heterocycles. The molecule has 2 atom stereocenters. The molecule has 2 nitrogen and oxygen atoms in total. The van der Waals surface area contributed by atoms with Crippen LogP contribution in [-0.2, 0) is 42.1 Å². The normalized spacial score (nSPS) is 12.4. The van der Waals surface area contributed by atoms with Gasteiger partial charge in [-0.1, -0.05) is 0 Å². The first-order valence-corrected chi connectivity index (χ1v) is 2.97. The van der Waals surface area contributed by atoms with Crippen molar-refractivity contribution in [2.45, 2.75) is 26.3 Å². The third kappa shape index (κ3) is 10.4. The molecule has 0 rings (SSSR count). The second-order valence-corrected chi connectivity index (χ2v) is 2.24. The van der Waals surface area contributed by atoms with Gasteiger partial charge < -0.3 is 4.85 Å². The molecular weight excluding hydrogens is 502 g/mol. The minimum absolute atomic E-state index is 0. The van der Waals surface area contributed by atoms with Crippen LogP contribution in [0.5, 0.6) is 0 Å². The van der Waals surface area contributed by atoms with Crippen molar-refractivity contribution >= 4 is 0 Å². The molecule has 2 unspecified atom stereocenters. The Bertz CT molecular complexity index is 139. The van der Waals surface area contributed by atoms with Gasteiger partial charge in [0, 0.05) is 55.5 Å². The van der Waals surface area contributed by atoms with Crippen LogP contribution in [0.4, 0.5) is 0 Å². The third-order valence-corrected chi connectivity index (χ3v) is 1.14. The van der Waals surface area contributed by atoms with E-state index in [1.54, 1.807) is 0 Å². The second kappa shape index (κ2) is 10.4. The largest absolute Gasteiger partial charge is 0.314 e. The summed E-state index contributed by atoms with van der Waals surface area (Å²) in [5, 5.41) is 8.33. The third-order valence-electron chi connectivity index (χ3n) is 1.14. The van der Waals surface area contributed by atoms with E-state index in [1.807, 2.05) is 13.8 Å². The van der Waals surface area contributed by atoms with Gasteiger partial charge in [0.15, 0.2) is 0 Å². The molecule has 0 heterocycles. The second-order valence-electron chi connectivity index (χ2n) is 2.24. The van der Waals surface area contributed by atoms with E-state index in [2.05, 4.69) is 10.9 Å². The van der Waals surface area contributed by atoms with Crippen molar-refractivity contribution in [3.05, 3.63) is 11.4 Å². The van der Waals surface area contributed by atoms with E-state index in [0.29, 0.717) is 6.42 Å². The zero-order valence-electron chi connectivity index (χ0n) is 6.39. The van der Waals surface area contributed by atoms with Crippen LogP contribution in [0.1, 0.15) is 20.3 Å². The molecule has 0 fully saturated rings. The number of nitrogens with zero attached hydrogens (tertiary/aromatic N) is 2. The Morgan fingerprint density at radius 2 is 1.91 bits per heavy atom. The SMILES string of the molecule is [C-]#[N+]C(C)CC(C)C#N.[Pt].[Pt]. The first-order chi connectivity index (χ1) is 4.20. The van der Waals surface area contributed by atoms with Crippen molar-refractivity contribution in [2.75, 3.05) is 0 Å². The first kappa shape index (κ1) is 17.4. The fourth-order valence-corrected chi connectivity index (χ4v) is 0.617. The Hall–Kier alpha value is 0.357. The van der Waals surface area contributed by atoms with Crippen LogP contribution in [-0.4, -0.2) is 6.04 Å². The smallest absolute Gasteiger partial charge is 0.222 e. The summed E-state index contributed by atoms with van der Waals surface area (Å²) in [4.78, 5) is 3.28. The van der Waals surface area contributed by atoms with Gasteiger partial charge in [0.05, 0.1) is 12.0 Å².